The average Bonchev–Trinajstić information content (AvgIpc) is 3.23. The highest BCUT2D eigenvalue weighted by Gasteiger charge is 2.27. The lowest BCUT2D eigenvalue weighted by molar-refractivity contribution is -0.127. The number of aliphatic hydroxyl groups excluding tert-OH is 1. The number of ether oxygens (including phenoxy) is 2. The second kappa shape index (κ2) is 6.33. The van der Waals surface area contributed by atoms with Crippen molar-refractivity contribution in [1.29, 1.82) is 0 Å². The summed E-state index contributed by atoms with van der Waals surface area (Å²) in [7, 11) is 1.48. The van der Waals surface area contributed by atoms with Crippen LogP contribution in [0.1, 0.15) is 25.3 Å². The summed E-state index contributed by atoms with van der Waals surface area (Å²) in [5, 5.41) is 12.7. The van der Waals surface area contributed by atoms with Crippen molar-refractivity contribution in [3.8, 4) is 11.5 Å². The van der Waals surface area contributed by atoms with Crippen molar-refractivity contribution in [1.82, 2.24) is 5.32 Å². The summed E-state index contributed by atoms with van der Waals surface area (Å²) >= 11 is 5.93. The van der Waals surface area contributed by atoms with Crippen molar-refractivity contribution in [2.75, 3.05) is 7.11 Å². The van der Waals surface area contributed by atoms with Crippen LogP contribution in [0.15, 0.2) is 12.1 Å². The highest BCUT2D eigenvalue weighted by Crippen LogP contribution is 2.35. The molecule has 1 unspecified atom stereocenters. The molecule has 0 radical (unpaired) electrons. The molecule has 0 saturated heterocycles. The number of hydrogen-bond acceptors (Lipinski definition) is 4. The van der Waals surface area contributed by atoms with Gasteiger partial charge in [0.1, 0.15) is 0 Å². The first kappa shape index (κ1) is 14.9. The van der Waals surface area contributed by atoms with Crippen LogP contribution in [0.25, 0.3) is 0 Å². The Kier molecular flexibility index (Phi) is 4.73. The molecule has 0 heterocycles. The zero-order valence-corrected chi connectivity index (χ0v) is 12.2. The van der Waals surface area contributed by atoms with Crippen LogP contribution < -0.4 is 14.8 Å². The normalized spacial score (nSPS) is 15.6. The first-order chi connectivity index (χ1) is 9.55. The minimum Gasteiger partial charge on any atom is -0.493 e. The fourth-order valence-corrected chi connectivity index (χ4v) is 2.03. The molecule has 110 valence electrons. The summed E-state index contributed by atoms with van der Waals surface area (Å²) in [6.07, 6.45) is 1.37. The van der Waals surface area contributed by atoms with Gasteiger partial charge in [-0.05, 0) is 25.8 Å². The van der Waals surface area contributed by atoms with Crippen LogP contribution in [0.4, 0.5) is 0 Å². The van der Waals surface area contributed by atoms with Gasteiger partial charge in [0.2, 0.25) is 0 Å². The van der Waals surface area contributed by atoms with Gasteiger partial charge in [-0.2, -0.15) is 0 Å². The summed E-state index contributed by atoms with van der Waals surface area (Å²) in [5.74, 6) is 0.568. The first-order valence-electron chi connectivity index (χ1n) is 6.49. The van der Waals surface area contributed by atoms with E-state index in [0.29, 0.717) is 22.1 Å². The summed E-state index contributed by atoms with van der Waals surface area (Å²) < 4.78 is 10.8. The van der Waals surface area contributed by atoms with Crippen molar-refractivity contribution in [2.24, 2.45) is 0 Å². The summed E-state index contributed by atoms with van der Waals surface area (Å²) in [6.45, 7) is 1.41. The van der Waals surface area contributed by atoms with Crippen LogP contribution in [0.2, 0.25) is 5.02 Å². The average molecular weight is 300 g/mol. The number of amides is 1. The predicted octanol–water partition coefficient (Wildman–Crippen LogP) is 1.89. The van der Waals surface area contributed by atoms with Crippen LogP contribution in [-0.4, -0.2) is 30.3 Å². The Morgan fingerprint density at radius 2 is 2.25 bits per heavy atom. The van der Waals surface area contributed by atoms with Crippen molar-refractivity contribution < 1.29 is 19.4 Å². The molecular weight excluding hydrogens is 282 g/mol. The highest BCUT2D eigenvalue weighted by molar-refractivity contribution is 6.30. The molecule has 6 heteroatoms. The van der Waals surface area contributed by atoms with Gasteiger partial charge < -0.3 is 19.9 Å². The maximum Gasteiger partial charge on any atom is 0.260 e. The molecule has 20 heavy (non-hydrogen) atoms. The van der Waals surface area contributed by atoms with Crippen LogP contribution >= 0.6 is 11.6 Å². The van der Waals surface area contributed by atoms with E-state index in [-0.39, 0.29) is 18.6 Å². The van der Waals surface area contributed by atoms with Crippen molar-refractivity contribution in [2.45, 2.75) is 38.5 Å². The van der Waals surface area contributed by atoms with Gasteiger partial charge in [0.05, 0.1) is 13.7 Å². The van der Waals surface area contributed by atoms with E-state index in [1.165, 1.54) is 7.11 Å². The minimum absolute atomic E-state index is 0.173. The minimum atomic E-state index is -0.670. The summed E-state index contributed by atoms with van der Waals surface area (Å²) in [4.78, 5) is 11.9. The van der Waals surface area contributed by atoms with E-state index in [2.05, 4.69) is 5.32 Å². The molecule has 1 aliphatic carbocycles. The molecule has 1 aliphatic rings. The second-order valence-corrected chi connectivity index (χ2v) is 5.23. The number of halogens is 1. The third kappa shape index (κ3) is 3.55. The fourth-order valence-electron chi connectivity index (χ4n) is 1.80. The first-order valence-corrected chi connectivity index (χ1v) is 6.87. The van der Waals surface area contributed by atoms with Crippen molar-refractivity contribution >= 4 is 17.5 Å². The lowest BCUT2D eigenvalue weighted by Crippen LogP contribution is -2.37. The zero-order valence-electron chi connectivity index (χ0n) is 11.5. The quantitative estimate of drug-likeness (QED) is 0.842. The van der Waals surface area contributed by atoms with Crippen LogP contribution in [0, 0.1) is 0 Å². The standard InChI is InChI=1S/C14H18ClNO4/c1-8(14(18)16-11-3-4-11)20-13-9(7-17)5-10(15)6-12(13)19-2/h5-6,8,11,17H,3-4,7H2,1-2H3,(H,16,18). The summed E-state index contributed by atoms with van der Waals surface area (Å²) in [5.41, 5.74) is 0.487. The molecule has 0 aromatic heterocycles. The van der Waals surface area contributed by atoms with Crippen molar-refractivity contribution in [3.63, 3.8) is 0 Å². The van der Waals surface area contributed by atoms with E-state index in [0.717, 1.165) is 12.8 Å². The number of hydrogen-bond donors (Lipinski definition) is 2. The Morgan fingerprint density at radius 1 is 1.55 bits per heavy atom. The number of aliphatic hydroxyl groups is 1. The van der Waals surface area contributed by atoms with E-state index < -0.39 is 6.10 Å². The second-order valence-electron chi connectivity index (χ2n) is 4.80. The number of benzene rings is 1. The SMILES string of the molecule is COc1cc(Cl)cc(CO)c1OC(C)C(=O)NC1CC1. The van der Waals surface area contributed by atoms with Gasteiger partial charge in [0.25, 0.3) is 5.91 Å². The Balaban J connectivity index is 2.15. The number of carbonyl (C=O) groups excluding carboxylic acids is 1. The molecule has 1 aromatic carbocycles. The number of carbonyl (C=O) groups is 1. The molecule has 2 N–H and O–H groups in total. The van der Waals surface area contributed by atoms with Crippen molar-refractivity contribution in [3.05, 3.63) is 22.7 Å². The van der Waals surface area contributed by atoms with Crippen LogP contribution in [-0.2, 0) is 11.4 Å². The lowest BCUT2D eigenvalue weighted by Gasteiger charge is -2.19. The summed E-state index contributed by atoms with van der Waals surface area (Å²) in [6, 6.07) is 3.45. The van der Waals surface area contributed by atoms with Gasteiger partial charge in [-0.1, -0.05) is 11.6 Å². The Morgan fingerprint density at radius 3 is 2.80 bits per heavy atom. The molecule has 0 aliphatic heterocycles. The lowest BCUT2D eigenvalue weighted by atomic mass is 10.2. The Hall–Kier alpha value is -1.46. The maximum atomic E-state index is 11.9. The molecule has 0 bridgehead atoms. The van der Waals surface area contributed by atoms with Crippen LogP contribution in [0.5, 0.6) is 11.5 Å². The number of rotatable bonds is 6. The Bertz CT molecular complexity index is 477. The molecule has 1 aromatic rings. The van der Waals surface area contributed by atoms with E-state index >= 15 is 0 Å². The van der Waals surface area contributed by atoms with Gasteiger partial charge in [-0.3, -0.25) is 4.79 Å². The topological polar surface area (TPSA) is 67.8 Å². The number of nitrogens with one attached hydrogen (secondary N) is 1. The molecule has 2 rings (SSSR count). The molecule has 5 nitrogen and oxygen atoms in total. The van der Waals surface area contributed by atoms with Gasteiger partial charge in [0.15, 0.2) is 17.6 Å². The smallest absolute Gasteiger partial charge is 0.260 e. The monoisotopic (exact) mass is 299 g/mol. The van der Waals surface area contributed by atoms with E-state index in [4.69, 9.17) is 21.1 Å². The molecular formula is C14H18ClNO4. The molecule has 1 amide bonds. The van der Waals surface area contributed by atoms with Gasteiger partial charge in [0, 0.05) is 22.7 Å². The van der Waals surface area contributed by atoms with E-state index in [1.54, 1.807) is 19.1 Å². The van der Waals surface area contributed by atoms with E-state index in [9.17, 15) is 9.90 Å². The van der Waals surface area contributed by atoms with Gasteiger partial charge >= 0.3 is 0 Å². The molecule has 1 atom stereocenters. The molecule has 0 spiro atoms. The zero-order chi connectivity index (χ0) is 14.7. The number of methoxy groups -OCH3 is 1. The third-order valence-corrected chi connectivity index (χ3v) is 3.29. The highest BCUT2D eigenvalue weighted by atomic mass is 35.5. The van der Waals surface area contributed by atoms with Gasteiger partial charge in [-0.25, -0.2) is 0 Å². The molecule has 1 saturated carbocycles. The van der Waals surface area contributed by atoms with Crippen LogP contribution in [0.3, 0.4) is 0 Å². The largest absolute Gasteiger partial charge is 0.493 e. The fraction of sp³-hybridized carbons (Fsp3) is 0.500. The third-order valence-electron chi connectivity index (χ3n) is 3.07. The molecule has 1 fully saturated rings. The predicted molar refractivity (Wildman–Crippen MR) is 75.2 cm³/mol. The maximum absolute atomic E-state index is 11.9. The van der Waals surface area contributed by atoms with Gasteiger partial charge in [-0.15, -0.1) is 0 Å². The Labute approximate surface area is 122 Å². The van der Waals surface area contributed by atoms with E-state index in [1.807, 2.05) is 0 Å².